The second kappa shape index (κ2) is 30.5. The number of fused-ring (bicyclic) bond motifs is 1. The van der Waals surface area contributed by atoms with Crippen LogP contribution in [0.2, 0.25) is 0 Å². The molecule has 0 radical (unpaired) electrons. The van der Waals surface area contributed by atoms with Crippen molar-refractivity contribution in [3.63, 3.8) is 0 Å². The van der Waals surface area contributed by atoms with E-state index in [1.807, 2.05) is 0 Å². The molecule has 1 aliphatic heterocycles. The van der Waals surface area contributed by atoms with Gasteiger partial charge < -0.3 is 68.9 Å². The smallest absolute Gasteiger partial charge is 0.278 e. The third-order valence-corrected chi connectivity index (χ3v) is 13.9. The minimum absolute atomic E-state index is 0.0150. The van der Waals surface area contributed by atoms with Crippen molar-refractivity contribution in [2.24, 2.45) is 0 Å². The molecule has 2 aromatic rings. The number of aliphatic hydroxyl groups is 2. The average Bonchev–Trinajstić information content (AvgIpc) is 3.71. The lowest BCUT2D eigenvalue weighted by atomic mass is 9.96. The van der Waals surface area contributed by atoms with E-state index >= 15 is 0 Å². The summed E-state index contributed by atoms with van der Waals surface area (Å²) in [6.45, 7) is 42.0. The van der Waals surface area contributed by atoms with Crippen LogP contribution in [0.25, 0.3) is 11.2 Å². The van der Waals surface area contributed by atoms with Crippen molar-refractivity contribution < 1.29 is 81.0 Å². The lowest BCUT2D eigenvalue weighted by molar-refractivity contribution is -0.894. The van der Waals surface area contributed by atoms with Crippen LogP contribution in [0.1, 0.15) is 96.2 Å². The molecule has 6 atom stereocenters. The Bertz CT molecular complexity index is 1490. The number of anilines is 1. The summed E-state index contributed by atoms with van der Waals surface area (Å²) < 4.78 is 50.6. The highest BCUT2D eigenvalue weighted by Crippen LogP contribution is 2.60. The standard InChI is InChI=1S/C11H18N5O13P3.4C6H15N/c1-11(18)7(17)5(2-26-31(22,23)29-32(24,25)28-30(19,20)21)27-10(11)16-4-15-6-8(12)13-3-14-9(6)16;4*1-4-7(5-2)6-3/h3-5,7,10,17-18H,2H2,1H3,(H,22,23)(H,24,25)(H2,12,13,14)(H2,19,20,21);4*4-6H2,1-3H3/t5?,7?,10?,11-;;;;/m1..../s1. The molecule has 0 spiro atoms. The van der Waals surface area contributed by atoms with Gasteiger partial charge in [0.1, 0.15) is 29.7 Å². The zero-order valence-corrected chi connectivity index (χ0v) is 40.9. The Morgan fingerprint density at radius 2 is 1.08 bits per heavy atom. The predicted molar refractivity (Wildman–Crippen MR) is 222 cm³/mol. The van der Waals surface area contributed by atoms with E-state index < -0.39 is 54.1 Å². The summed E-state index contributed by atoms with van der Waals surface area (Å²) in [6.07, 6.45) is -2.48. The maximum Gasteiger partial charge on any atom is 0.278 e. The number of nitrogens with one attached hydrogen (secondary N) is 4. The molecule has 8 N–H and O–H groups in total. The normalized spacial score (nSPS) is 20.9. The topological polar surface area (TPSA) is 308 Å². The Labute approximate surface area is 357 Å². The fraction of sp³-hybridized carbons (Fsp3) is 0.857. The third kappa shape index (κ3) is 22.7. The van der Waals surface area contributed by atoms with E-state index in [0.29, 0.717) is 0 Å². The first kappa shape index (κ1) is 60.6. The molecule has 0 bridgehead atoms. The lowest BCUT2D eigenvalue weighted by Crippen LogP contribution is -3.11. The largest absolute Gasteiger partial charge is 0.790 e. The molecule has 0 amide bonds. The van der Waals surface area contributed by atoms with Gasteiger partial charge in [-0.15, -0.1) is 0 Å². The van der Waals surface area contributed by atoms with E-state index in [2.05, 4.69) is 111 Å². The molecule has 0 aliphatic carbocycles. The summed E-state index contributed by atoms with van der Waals surface area (Å²) in [5.74, 6) is 0.0150. The average molecular weight is 926 g/mol. The van der Waals surface area contributed by atoms with Gasteiger partial charge in [0, 0.05) is 0 Å². The number of nitrogen functional groups attached to an aromatic ring is 1. The molecule has 60 heavy (non-hydrogen) atoms. The fourth-order valence-corrected chi connectivity index (χ4v) is 8.73. The van der Waals surface area contributed by atoms with Crippen LogP contribution in [0, 0.1) is 0 Å². The Balaban J connectivity index is 0. The summed E-state index contributed by atoms with van der Waals surface area (Å²) in [6, 6.07) is 0. The highest BCUT2D eigenvalue weighted by Gasteiger charge is 2.54. The molecule has 356 valence electrons. The first-order valence-corrected chi connectivity index (χ1v) is 25.3. The number of nitrogens with two attached hydrogens (primary N) is 1. The van der Waals surface area contributed by atoms with Crippen LogP contribution < -0.4 is 44.9 Å². The minimum atomic E-state index is -6.15. The van der Waals surface area contributed by atoms with Gasteiger partial charge in [0.25, 0.3) is 15.6 Å². The van der Waals surface area contributed by atoms with Crippen molar-refractivity contribution >= 4 is 40.4 Å². The number of ether oxygens (including phenoxy) is 1. The molecule has 5 unspecified atom stereocenters. The number of quaternary nitrogens is 4. The Hall–Kier alpha value is -1.52. The molecule has 0 saturated carbocycles. The highest BCUT2D eigenvalue weighted by molar-refractivity contribution is 7.64. The van der Waals surface area contributed by atoms with Gasteiger partial charge in [-0.1, -0.05) is 0 Å². The SMILES string of the molecule is CC[NH+](CC)CC.CC[NH+](CC)CC.CC[NH+](CC)CC.CC[NH+](CC)CC.C[C@@]1(O)C(O)C(COP(=O)([O-])OP(=O)([O-])OP(=O)([O-])[O-])OC1n1cnc2c(N)ncnc21. The van der Waals surface area contributed by atoms with E-state index in [9.17, 15) is 43.5 Å². The molecular formula is C35H78N9O13P3. The van der Waals surface area contributed by atoms with Crippen LogP contribution in [0.15, 0.2) is 12.7 Å². The van der Waals surface area contributed by atoms with E-state index in [1.54, 1.807) is 19.6 Å². The van der Waals surface area contributed by atoms with E-state index in [-0.39, 0.29) is 17.0 Å². The van der Waals surface area contributed by atoms with Crippen molar-refractivity contribution in [3.05, 3.63) is 12.7 Å². The number of hydrogen-bond acceptors (Lipinski definition) is 17. The van der Waals surface area contributed by atoms with Gasteiger partial charge in [0.15, 0.2) is 17.7 Å². The van der Waals surface area contributed by atoms with Crippen molar-refractivity contribution in [1.29, 1.82) is 0 Å². The summed E-state index contributed by atoms with van der Waals surface area (Å²) >= 11 is 0. The Kier molecular flexibility index (Phi) is 30.8. The van der Waals surface area contributed by atoms with Crippen LogP contribution in [0.3, 0.4) is 0 Å². The molecule has 1 fully saturated rings. The number of hydrogen-bond donors (Lipinski definition) is 7. The summed E-state index contributed by atoms with van der Waals surface area (Å²) in [4.78, 5) is 61.9. The molecule has 22 nitrogen and oxygen atoms in total. The van der Waals surface area contributed by atoms with Crippen molar-refractivity contribution in [3.8, 4) is 0 Å². The summed E-state index contributed by atoms with van der Waals surface area (Å²) in [5, 5.41) is 21.0. The number of imidazole rings is 1. The predicted octanol–water partition coefficient (Wildman–Crippen LogP) is -4.04. The maximum absolute atomic E-state index is 11.7. The molecule has 1 saturated heterocycles. The van der Waals surface area contributed by atoms with Gasteiger partial charge in [-0.2, -0.15) is 0 Å². The van der Waals surface area contributed by atoms with Gasteiger partial charge >= 0.3 is 0 Å². The maximum atomic E-state index is 11.7. The fourth-order valence-electron chi connectivity index (χ4n) is 5.87. The second-order valence-electron chi connectivity index (χ2n) is 13.8. The number of aromatic nitrogens is 4. The molecular weight excluding hydrogens is 847 g/mol. The highest BCUT2D eigenvalue weighted by atomic mass is 31.3. The van der Waals surface area contributed by atoms with Crippen LogP contribution in [0.5, 0.6) is 0 Å². The monoisotopic (exact) mass is 925 g/mol. The molecule has 1 aliphatic rings. The van der Waals surface area contributed by atoms with Crippen LogP contribution in [-0.4, -0.2) is 133 Å². The second-order valence-corrected chi connectivity index (χ2v) is 18.1. The van der Waals surface area contributed by atoms with Gasteiger partial charge in [-0.25, -0.2) is 19.3 Å². The van der Waals surface area contributed by atoms with Gasteiger partial charge in [-0.3, -0.25) is 18.0 Å². The Morgan fingerprint density at radius 1 is 0.700 bits per heavy atom. The lowest BCUT2D eigenvalue weighted by Gasteiger charge is -2.37. The van der Waals surface area contributed by atoms with Crippen molar-refractivity contribution in [2.45, 2.75) is 114 Å². The van der Waals surface area contributed by atoms with Crippen molar-refractivity contribution in [2.75, 3.05) is 90.9 Å². The quantitative estimate of drug-likeness (QED) is 0.0622. The number of aliphatic hydroxyl groups excluding tert-OH is 1. The van der Waals surface area contributed by atoms with Crippen LogP contribution >= 0.6 is 23.5 Å². The summed E-state index contributed by atoms with van der Waals surface area (Å²) in [5.41, 5.74) is 3.88. The summed E-state index contributed by atoms with van der Waals surface area (Å²) in [7, 11) is -18.1. The minimum Gasteiger partial charge on any atom is -0.790 e. The van der Waals surface area contributed by atoms with Gasteiger partial charge in [0.2, 0.25) is 0 Å². The van der Waals surface area contributed by atoms with Gasteiger partial charge in [-0.05, 0) is 90.0 Å². The van der Waals surface area contributed by atoms with E-state index in [0.717, 1.165) is 13.3 Å². The molecule has 0 aromatic carbocycles. The van der Waals surface area contributed by atoms with E-state index in [4.69, 9.17) is 10.5 Å². The first-order chi connectivity index (χ1) is 27.9. The number of phosphoric ester groups is 1. The van der Waals surface area contributed by atoms with Crippen LogP contribution in [-0.2, 0) is 31.6 Å². The third-order valence-electron chi connectivity index (χ3n) is 10.2. The van der Waals surface area contributed by atoms with Crippen molar-refractivity contribution in [1.82, 2.24) is 19.5 Å². The van der Waals surface area contributed by atoms with Gasteiger partial charge in [0.05, 0.1) is 99.3 Å². The number of nitrogens with zero attached hydrogens (tertiary/aromatic N) is 4. The molecule has 2 aromatic heterocycles. The first-order valence-electron chi connectivity index (χ1n) is 21.0. The molecule has 3 heterocycles. The zero-order chi connectivity index (χ0) is 46.9. The number of rotatable bonds is 20. The van der Waals surface area contributed by atoms with E-state index in [1.165, 1.54) is 89.4 Å². The molecule has 25 heteroatoms. The van der Waals surface area contributed by atoms with Crippen LogP contribution in [0.4, 0.5) is 5.82 Å². The Morgan fingerprint density at radius 3 is 1.42 bits per heavy atom. The molecule has 3 rings (SSSR count). The number of phosphoric acid groups is 3. The zero-order valence-electron chi connectivity index (χ0n) is 38.2.